The Hall–Kier alpha value is -0.140. The lowest BCUT2D eigenvalue weighted by molar-refractivity contribution is 0.0638. The smallest absolute Gasteiger partial charge is 0.252 e. The quantitative estimate of drug-likeness (QED) is 0.932. The number of hydrogen-bond donors (Lipinski definition) is 1. The minimum absolute atomic E-state index is 0.229. The Morgan fingerprint density at radius 1 is 1.39 bits per heavy atom. The van der Waals surface area contributed by atoms with Crippen LogP contribution in [-0.2, 0) is 10.0 Å². The van der Waals surface area contributed by atoms with Crippen LogP contribution in [0.2, 0.25) is 4.34 Å². The zero-order valence-electron chi connectivity index (χ0n) is 10.0. The highest BCUT2D eigenvalue weighted by Gasteiger charge is 2.34. The van der Waals surface area contributed by atoms with Gasteiger partial charge >= 0.3 is 0 Å². The molecule has 1 aliphatic rings. The molecule has 1 aromatic heterocycles. The molecule has 18 heavy (non-hydrogen) atoms. The average molecular weight is 310 g/mol. The fourth-order valence-corrected chi connectivity index (χ4v) is 5.36. The zero-order valence-corrected chi connectivity index (χ0v) is 12.4. The van der Waals surface area contributed by atoms with Crippen LogP contribution in [-0.4, -0.2) is 37.0 Å². The molecule has 1 fully saturated rings. The van der Waals surface area contributed by atoms with Crippen LogP contribution in [0.5, 0.6) is 0 Å². The number of nitrogens with zero attached hydrogens (tertiary/aromatic N) is 1. The standard InChI is InChI=1S/C11H16ClNO3S2/c1-13(8-4-2-3-5-9(8)14)18(15,16)11-7-6-10(12)17-11/h6-9,14H,2-5H2,1H3. The Kier molecular flexibility index (Phi) is 4.33. The summed E-state index contributed by atoms with van der Waals surface area (Å²) in [6.07, 6.45) is 2.70. The first-order valence-electron chi connectivity index (χ1n) is 5.84. The third-order valence-corrected chi connectivity index (χ3v) is 6.92. The summed E-state index contributed by atoms with van der Waals surface area (Å²) in [6, 6.07) is 2.75. The van der Waals surface area contributed by atoms with E-state index in [1.54, 1.807) is 6.07 Å². The highest BCUT2D eigenvalue weighted by Crippen LogP contribution is 2.31. The molecule has 1 heterocycles. The van der Waals surface area contributed by atoms with Gasteiger partial charge in [0.25, 0.3) is 10.0 Å². The van der Waals surface area contributed by atoms with Gasteiger partial charge in [-0.25, -0.2) is 8.42 Å². The lowest BCUT2D eigenvalue weighted by Gasteiger charge is -2.34. The second-order valence-electron chi connectivity index (χ2n) is 4.50. The number of halogens is 1. The van der Waals surface area contributed by atoms with Crippen molar-refractivity contribution < 1.29 is 13.5 Å². The van der Waals surface area contributed by atoms with Crippen molar-refractivity contribution in [1.29, 1.82) is 0 Å². The van der Waals surface area contributed by atoms with Crippen molar-refractivity contribution in [3.63, 3.8) is 0 Å². The van der Waals surface area contributed by atoms with E-state index in [1.807, 2.05) is 0 Å². The molecule has 1 aromatic rings. The molecule has 0 aliphatic heterocycles. The summed E-state index contributed by atoms with van der Waals surface area (Å²) in [4.78, 5) is 0. The summed E-state index contributed by atoms with van der Waals surface area (Å²) in [6.45, 7) is 0. The van der Waals surface area contributed by atoms with Gasteiger partial charge in [-0.2, -0.15) is 4.31 Å². The zero-order chi connectivity index (χ0) is 13.3. The fourth-order valence-electron chi connectivity index (χ4n) is 2.27. The van der Waals surface area contributed by atoms with Crippen molar-refractivity contribution in [1.82, 2.24) is 4.31 Å². The van der Waals surface area contributed by atoms with E-state index in [0.717, 1.165) is 24.2 Å². The molecule has 0 aromatic carbocycles. The number of rotatable bonds is 3. The Labute approximate surface area is 116 Å². The lowest BCUT2D eigenvalue weighted by atomic mass is 9.93. The van der Waals surface area contributed by atoms with Gasteiger partial charge < -0.3 is 5.11 Å². The fraction of sp³-hybridized carbons (Fsp3) is 0.636. The van der Waals surface area contributed by atoms with Crippen molar-refractivity contribution in [2.45, 2.75) is 42.0 Å². The van der Waals surface area contributed by atoms with E-state index >= 15 is 0 Å². The summed E-state index contributed by atoms with van der Waals surface area (Å²) < 4.78 is 26.7. The van der Waals surface area contributed by atoms with Crippen molar-refractivity contribution in [3.8, 4) is 0 Å². The molecule has 0 spiro atoms. The van der Waals surface area contributed by atoms with Crippen LogP contribution in [0.3, 0.4) is 0 Å². The topological polar surface area (TPSA) is 57.6 Å². The van der Waals surface area contributed by atoms with Gasteiger partial charge in [-0.05, 0) is 25.0 Å². The summed E-state index contributed by atoms with van der Waals surface area (Å²) in [5, 5.41) is 9.93. The minimum Gasteiger partial charge on any atom is -0.391 e. The van der Waals surface area contributed by atoms with Crippen molar-refractivity contribution in [2.75, 3.05) is 7.05 Å². The first-order valence-corrected chi connectivity index (χ1v) is 8.48. The predicted molar refractivity (Wildman–Crippen MR) is 72.5 cm³/mol. The van der Waals surface area contributed by atoms with Gasteiger partial charge in [0.1, 0.15) is 4.21 Å². The SMILES string of the molecule is CN(C1CCCCC1O)S(=O)(=O)c1ccc(Cl)s1. The molecule has 2 rings (SSSR count). The molecule has 2 atom stereocenters. The molecular formula is C11H16ClNO3S2. The van der Waals surface area contributed by atoms with Gasteiger partial charge in [0, 0.05) is 7.05 Å². The van der Waals surface area contributed by atoms with Crippen LogP contribution >= 0.6 is 22.9 Å². The lowest BCUT2D eigenvalue weighted by Crippen LogP contribution is -2.45. The number of thiophene rings is 1. The molecule has 1 saturated carbocycles. The van der Waals surface area contributed by atoms with Crippen molar-refractivity contribution in [2.24, 2.45) is 0 Å². The first kappa shape index (κ1) is 14.3. The number of aliphatic hydroxyl groups is 1. The first-order chi connectivity index (χ1) is 8.43. The van der Waals surface area contributed by atoms with Gasteiger partial charge in [-0.3, -0.25) is 0 Å². The molecule has 2 unspecified atom stereocenters. The van der Waals surface area contributed by atoms with E-state index in [0.29, 0.717) is 17.2 Å². The summed E-state index contributed by atoms with van der Waals surface area (Å²) in [5.74, 6) is 0. The summed E-state index contributed by atoms with van der Waals surface area (Å²) in [5.41, 5.74) is 0. The number of hydrogen-bond acceptors (Lipinski definition) is 4. The van der Waals surface area contributed by atoms with E-state index in [9.17, 15) is 13.5 Å². The van der Waals surface area contributed by atoms with Gasteiger partial charge in [0.2, 0.25) is 0 Å². The summed E-state index contributed by atoms with van der Waals surface area (Å²) >= 11 is 6.81. The Bertz CT molecular complexity index is 514. The molecule has 0 amide bonds. The molecule has 0 radical (unpaired) electrons. The molecule has 1 aliphatic carbocycles. The Morgan fingerprint density at radius 3 is 2.61 bits per heavy atom. The second kappa shape index (κ2) is 5.46. The number of likely N-dealkylation sites (N-methyl/N-ethyl adjacent to an activating group) is 1. The molecular weight excluding hydrogens is 294 g/mol. The minimum atomic E-state index is -3.54. The Balaban J connectivity index is 2.24. The van der Waals surface area contributed by atoms with Crippen molar-refractivity contribution in [3.05, 3.63) is 16.5 Å². The highest BCUT2D eigenvalue weighted by molar-refractivity contribution is 7.91. The second-order valence-corrected chi connectivity index (χ2v) is 8.44. The maximum absolute atomic E-state index is 12.4. The number of aliphatic hydroxyl groups excluding tert-OH is 1. The van der Waals surface area contributed by atoms with E-state index in [4.69, 9.17) is 11.6 Å². The van der Waals surface area contributed by atoms with Crippen LogP contribution in [0, 0.1) is 0 Å². The normalized spacial score (nSPS) is 25.6. The monoisotopic (exact) mass is 309 g/mol. The van der Waals surface area contributed by atoms with E-state index in [2.05, 4.69) is 0 Å². The van der Waals surface area contributed by atoms with Gasteiger partial charge in [-0.1, -0.05) is 24.4 Å². The third kappa shape index (κ3) is 2.72. The maximum atomic E-state index is 12.4. The molecule has 102 valence electrons. The van der Waals surface area contributed by atoms with Gasteiger partial charge in [0.15, 0.2) is 0 Å². The van der Waals surface area contributed by atoms with Gasteiger partial charge in [0.05, 0.1) is 16.5 Å². The Morgan fingerprint density at radius 2 is 2.06 bits per heavy atom. The van der Waals surface area contributed by atoms with Crippen LogP contribution in [0.1, 0.15) is 25.7 Å². The number of sulfonamides is 1. The highest BCUT2D eigenvalue weighted by atomic mass is 35.5. The van der Waals surface area contributed by atoms with Crippen LogP contribution in [0.4, 0.5) is 0 Å². The molecule has 1 N–H and O–H groups in total. The van der Waals surface area contributed by atoms with Crippen LogP contribution in [0.15, 0.2) is 16.3 Å². The molecule has 0 saturated heterocycles. The van der Waals surface area contributed by atoms with E-state index in [-0.39, 0.29) is 10.3 Å². The third-order valence-electron chi connectivity index (χ3n) is 3.34. The molecule has 7 heteroatoms. The van der Waals surface area contributed by atoms with Crippen LogP contribution in [0.25, 0.3) is 0 Å². The molecule has 0 bridgehead atoms. The molecule has 4 nitrogen and oxygen atoms in total. The van der Waals surface area contributed by atoms with E-state index in [1.165, 1.54) is 17.4 Å². The average Bonchev–Trinajstić information content (AvgIpc) is 2.76. The van der Waals surface area contributed by atoms with Crippen LogP contribution < -0.4 is 0 Å². The van der Waals surface area contributed by atoms with E-state index < -0.39 is 16.1 Å². The summed E-state index contributed by atoms with van der Waals surface area (Å²) in [7, 11) is -2.01. The van der Waals surface area contributed by atoms with Gasteiger partial charge in [-0.15, -0.1) is 11.3 Å². The maximum Gasteiger partial charge on any atom is 0.252 e. The predicted octanol–water partition coefficient (Wildman–Crippen LogP) is 2.33. The van der Waals surface area contributed by atoms with Crippen molar-refractivity contribution >= 4 is 33.0 Å². The largest absolute Gasteiger partial charge is 0.391 e.